The molecule has 1 aliphatic carbocycles. The van der Waals surface area contributed by atoms with E-state index in [4.69, 9.17) is 5.73 Å². The third kappa shape index (κ3) is 4.24. The molecule has 2 heteroatoms. The molecule has 1 aliphatic rings. The topological polar surface area (TPSA) is 29.3 Å². The van der Waals surface area contributed by atoms with E-state index in [0.717, 1.165) is 12.5 Å². The first-order chi connectivity index (χ1) is 8.25. The van der Waals surface area contributed by atoms with Crippen molar-refractivity contribution in [1.29, 1.82) is 0 Å². The molecule has 0 aromatic heterocycles. The van der Waals surface area contributed by atoms with Crippen LogP contribution >= 0.6 is 0 Å². The molecule has 0 aromatic rings. The highest BCUT2D eigenvalue weighted by atomic mass is 15.1. The molecule has 0 saturated heterocycles. The summed E-state index contributed by atoms with van der Waals surface area (Å²) in [5.41, 5.74) is 6.67. The van der Waals surface area contributed by atoms with Crippen molar-refractivity contribution in [2.24, 2.45) is 23.0 Å². The van der Waals surface area contributed by atoms with Gasteiger partial charge in [0.05, 0.1) is 0 Å². The molecule has 0 spiro atoms. The van der Waals surface area contributed by atoms with Crippen LogP contribution in [0, 0.1) is 17.3 Å². The molecule has 4 atom stereocenters. The summed E-state index contributed by atoms with van der Waals surface area (Å²) in [6, 6.07) is 1.02. The minimum Gasteiger partial charge on any atom is -0.327 e. The van der Waals surface area contributed by atoms with Crippen LogP contribution < -0.4 is 5.73 Å². The average molecular weight is 254 g/mol. The Bertz CT molecular complexity index is 244. The van der Waals surface area contributed by atoms with Gasteiger partial charge < -0.3 is 10.6 Å². The number of hydrogen-bond acceptors (Lipinski definition) is 2. The van der Waals surface area contributed by atoms with Crippen molar-refractivity contribution in [1.82, 2.24) is 4.90 Å². The molecular formula is C16H34N2. The van der Waals surface area contributed by atoms with E-state index < -0.39 is 0 Å². The van der Waals surface area contributed by atoms with E-state index in [2.05, 4.69) is 46.6 Å². The second-order valence-electron chi connectivity index (χ2n) is 7.49. The normalized spacial score (nSPS) is 31.7. The number of rotatable bonds is 4. The standard InChI is InChI=1S/C16H34N2/c1-7-13-8-9-15(17)14(10-13)11-18(6)12(2)16(3,4)5/h12-15H,7-11,17H2,1-6H3. The summed E-state index contributed by atoms with van der Waals surface area (Å²) in [7, 11) is 2.26. The van der Waals surface area contributed by atoms with Crippen LogP contribution in [-0.4, -0.2) is 30.6 Å². The number of hydrogen-bond donors (Lipinski definition) is 1. The molecule has 0 aromatic carbocycles. The zero-order chi connectivity index (χ0) is 13.9. The maximum absolute atomic E-state index is 6.33. The van der Waals surface area contributed by atoms with Gasteiger partial charge in [0.15, 0.2) is 0 Å². The van der Waals surface area contributed by atoms with Crippen molar-refractivity contribution in [2.45, 2.75) is 72.4 Å². The molecule has 18 heavy (non-hydrogen) atoms. The van der Waals surface area contributed by atoms with Crippen LogP contribution in [0.2, 0.25) is 0 Å². The van der Waals surface area contributed by atoms with Gasteiger partial charge in [-0.2, -0.15) is 0 Å². The van der Waals surface area contributed by atoms with Crippen LogP contribution in [0.1, 0.15) is 60.3 Å². The van der Waals surface area contributed by atoms with Crippen molar-refractivity contribution in [2.75, 3.05) is 13.6 Å². The highest BCUT2D eigenvalue weighted by molar-refractivity contribution is 4.86. The van der Waals surface area contributed by atoms with E-state index in [1.165, 1.54) is 25.7 Å². The van der Waals surface area contributed by atoms with Gasteiger partial charge in [0, 0.05) is 18.6 Å². The Labute approximate surface area is 114 Å². The molecule has 1 saturated carbocycles. The lowest BCUT2D eigenvalue weighted by Crippen LogP contribution is -2.47. The van der Waals surface area contributed by atoms with Gasteiger partial charge in [0.2, 0.25) is 0 Å². The Kier molecular flexibility index (Phi) is 5.67. The number of nitrogens with two attached hydrogens (primary N) is 1. The van der Waals surface area contributed by atoms with Crippen molar-refractivity contribution in [3.8, 4) is 0 Å². The number of nitrogens with zero attached hydrogens (tertiary/aromatic N) is 1. The molecule has 1 fully saturated rings. The van der Waals surface area contributed by atoms with Crippen LogP contribution in [0.25, 0.3) is 0 Å². The van der Waals surface area contributed by atoms with Crippen molar-refractivity contribution >= 4 is 0 Å². The second kappa shape index (κ2) is 6.38. The van der Waals surface area contributed by atoms with Gasteiger partial charge in [0.1, 0.15) is 0 Å². The van der Waals surface area contributed by atoms with Crippen LogP contribution in [-0.2, 0) is 0 Å². The highest BCUT2D eigenvalue weighted by Crippen LogP contribution is 2.32. The summed E-state index contributed by atoms with van der Waals surface area (Å²) >= 11 is 0. The molecular weight excluding hydrogens is 220 g/mol. The Hall–Kier alpha value is -0.0800. The first kappa shape index (κ1) is 16.0. The van der Waals surface area contributed by atoms with Crippen LogP contribution in [0.15, 0.2) is 0 Å². The Morgan fingerprint density at radius 2 is 1.89 bits per heavy atom. The minimum absolute atomic E-state index is 0.345. The molecule has 4 unspecified atom stereocenters. The third-order valence-corrected chi connectivity index (χ3v) is 5.16. The van der Waals surface area contributed by atoms with Gasteiger partial charge >= 0.3 is 0 Å². The molecule has 0 bridgehead atoms. The summed E-state index contributed by atoms with van der Waals surface area (Å²) < 4.78 is 0. The summed E-state index contributed by atoms with van der Waals surface area (Å²) in [5.74, 6) is 1.60. The molecule has 2 N–H and O–H groups in total. The molecule has 0 amide bonds. The maximum Gasteiger partial charge on any atom is 0.0112 e. The van der Waals surface area contributed by atoms with E-state index in [9.17, 15) is 0 Å². The molecule has 1 rings (SSSR count). The monoisotopic (exact) mass is 254 g/mol. The van der Waals surface area contributed by atoms with Gasteiger partial charge in [-0.05, 0) is 50.5 Å². The fourth-order valence-electron chi connectivity index (χ4n) is 3.15. The predicted molar refractivity (Wildman–Crippen MR) is 80.6 cm³/mol. The van der Waals surface area contributed by atoms with E-state index in [-0.39, 0.29) is 0 Å². The van der Waals surface area contributed by atoms with Crippen LogP contribution in [0.3, 0.4) is 0 Å². The summed E-state index contributed by atoms with van der Waals surface area (Å²) in [6.07, 6.45) is 5.22. The van der Waals surface area contributed by atoms with Crippen molar-refractivity contribution in [3.63, 3.8) is 0 Å². The first-order valence-corrected chi connectivity index (χ1v) is 7.71. The largest absolute Gasteiger partial charge is 0.327 e. The molecule has 0 heterocycles. The third-order valence-electron chi connectivity index (χ3n) is 5.16. The summed E-state index contributed by atoms with van der Waals surface area (Å²) in [6.45, 7) is 12.8. The van der Waals surface area contributed by atoms with Gasteiger partial charge in [0.25, 0.3) is 0 Å². The summed E-state index contributed by atoms with van der Waals surface area (Å²) in [4.78, 5) is 2.52. The van der Waals surface area contributed by atoms with Crippen molar-refractivity contribution < 1.29 is 0 Å². The lowest BCUT2D eigenvalue weighted by atomic mass is 9.76. The van der Waals surface area contributed by atoms with E-state index >= 15 is 0 Å². The fraction of sp³-hybridized carbons (Fsp3) is 1.00. The SMILES string of the molecule is CCC1CCC(N)C(CN(C)C(C)C(C)(C)C)C1. The lowest BCUT2D eigenvalue weighted by molar-refractivity contribution is 0.0958. The van der Waals surface area contributed by atoms with E-state index in [1.807, 2.05) is 0 Å². The maximum atomic E-state index is 6.33. The molecule has 108 valence electrons. The molecule has 0 aliphatic heterocycles. The molecule has 0 radical (unpaired) electrons. The average Bonchev–Trinajstić information content (AvgIpc) is 2.29. The Morgan fingerprint density at radius 1 is 1.28 bits per heavy atom. The van der Waals surface area contributed by atoms with E-state index in [1.54, 1.807) is 0 Å². The quantitative estimate of drug-likeness (QED) is 0.832. The van der Waals surface area contributed by atoms with Crippen LogP contribution in [0.5, 0.6) is 0 Å². The summed E-state index contributed by atoms with van der Waals surface area (Å²) in [5, 5.41) is 0. The van der Waals surface area contributed by atoms with Gasteiger partial charge in [-0.15, -0.1) is 0 Å². The van der Waals surface area contributed by atoms with Crippen LogP contribution in [0.4, 0.5) is 0 Å². The fourth-order valence-corrected chi connectivity index (χ4v) is 3.15. The van der Waals surface area contributed by atoms with Crippen molar-refractivity contribution in [3.05, 3.63) is 0 Å². The second-order valence-corrected chi connectivity index (χ2v) is 7.49. The Morgan fingerprint density at radius 3 is 2.39 bits per heavy atom. The van der Waals surface area contributed by atoms with Gasteiger partial charge in [-0.3, -0.25) is 0 Å². The van der Waals surface area contributed by atoms with Gasteiger partial charge in [-0.1, -0.05) is 34.1 Å². The smallest absolute Gasteiger partial charge is 0.0112 e. The first-order valence-electron chi connectivity index (χ1n) is 7.71. The minimum atomic E-state index is 0.345. The lowest BCUT2D eigenvalue weighted by Gasteiger charge is -2.41. The van der Waals surface area contributed by atoms with E-state index in [0.29, 0.717) is 23.4 Å². The Balaban J connectivity index is 2.54. The predicted octanol–water partition coefficient (Wildman–Crippen LogP) is 3.51. The van der Waals surface area contributed by atoms with Gasteiger partial charge in [-0.25, -0.2) is 0 Å². The zero-order valence-corrected chi connectivity index (χ0v) is 13.4. The molecule has 2 nitrogen and oxygen atoms in total. The highest BCUT2D eigenvalue weighted by Gasteiger charge is 2.31. The zero-order valence-electron chi connectivity index (χ0n) is 13.4.